The zero-order chi connectivity index (χ0) is 14.7. The van der Waals surface area contributed by atoms with Crippen LogP contribution in [0.2, 0.25) is 5.15 Å². The van der Waals surface area contributed by atoms with Crippen molar-refractivity contribution in [1.29, 1.82) is 0 Å². The number of aromatic nitrogens is 3. The third-order valence-corrected chi connectivity index (χ3v) is 3.74. The molecule has 0 bridgehead atoms. The van der Waals surface area contributed by atoms with Gasteiger partial charge < -0.3 is 10.0 Å². The smallest absolute Gasteiger partial charge is 0.129 e. The quantitative estimate of drug-likeness (QED) is 0.833. The van der Waals surface area contributed by atoms with Gasteiger partial charge in [-0.2, -0.15) is 5.10 Å². The number of aliphatic hydroxyl groups is 1. The van der Waals surface area contributed by atoms with Crippen molar-refractivity contribution in [2.75, 3.05) is 20.6 Å². The zero-order valence-electron chi connectivity index (χ0n) is 11.3. The maximum Gasteiger partial charge on any atom is 0.129 e. The molecule has 0 aliphatic carbocycles. The fraction of sp³-hybridized carbons (Fsp3) is 0.385. The Morgan fingerprint density at radius 3 is 2.90 bits per heavy atom. The minimum atomic E-state index is -0.797. The largest absolute Gasteiger partial charge is 0.382 e. The summed E-state index contributed by atoms with van der Waals surface area (Å²) in [6.07, 6.45) is 2.47. The Morgan fingerprint density at radius 2 is 2.25 bits per heavy atom. The molecule has 1 N–H and O–H groups in total. The van der Waals surface area contributed by atoms with Crippen LogP contribution in [0.4, 0.5) is 0 Å². The van der Waals surface area contributed by atoms with Crippen molar-refractivity contribution in [3.8, 4) is 0 Å². The van der Waals surface area contributed by atoms with Crippen LogP contribution in [-0.2, 0) is 6.54 Å². The first kappa shape index (κ1) is 15.4. The number of pyridine rings is 1. The molecule has 7 heteroatoms. The maximum absolute atomic E-state index is 10.5. The number of hydrogen-bond acceptors (Lipinski definition) is 4. The van der Waals surface area contributed by atoms with Crippen LogP contribution in [0.5, 0.6) is 0 Å². The van der Waals surface area contributed by atoms with E-state index in [0.29, 0.717) is 23.0 Å². The van der Waals surface area contributed by atoms with E-state index in [1.807, 2.05) is 14.1 Å². The number of aliphatic hydroxyl groups excluding tert-OH is 1. The molecule has 0 saturated carbocycles. The first-order valence-electron chi connectivity index (χ1n) is 6.14. The topological polar surface area (TPSA) is 54.2 Å². The average Bonchev–Trinajstić information content (AvgIpc) is 2.76. The molecule has 108 valence electrons. The average molecular weight is 360 g/mol. The molecule has 0 amide bonds. The second kappa shape index (κ2) is 6.67. The third-order valence-electron chi connectivity index (χ3n) is 2.92. The van der Waals surface area contributed by atoms with E-state index in [1.165, 1.54) is 0 Å². The van der Waals surface area contributed by atoms with Crippen LogP contribution in [0.3, 0.4) is 0 Å². The lowest BCUT2D eigenvalue weighted by atomic mass is 10.1. The van der Waals surface area contributed by atoms with Crippen LogP contribution < -0.4 is 0 Å². The Bertz CT molecular complexity index is 588. The number of halogens is 2. The molecule has 0 aliphatic heterocycles. The van der Waals surface area contributed by atoms with Crippen LogP contribution in [0, 0.1) is 0 Å². The highest BCUT2D eigenvalue weighted by molar-refractivity contribution is 9.10. The number of hydrogen-bond donors (Lipinski definition) is 1. The van der Waals surface area contributed by atoms with Crippen molar-refractivity contribution in [2.24, 2.45) is 0 Å². The molecule has 0 radical (unpaired) electrons. The van der Waals surface area contributed by atoms with Gasteiger partial charge in [-0.05, 0) is 47.7 Å². The number of nitrogens with zero attached hydrogens (tertiary/aromatic N) is 4. The van der Waals surface area contributed by atoms with E-state index in [-0.39, 0.29) is 0 Å². The Labute approximate surface area is 131 Å². The predicted molar refractivity (Wildman–Crippen MR) is 81.8 cm³/mol. The van der Waals surface area contributed by atoms with Crippen molar-refractivity contribution in [3.05, 3.63) is 45.4 Å². The molecule has 1 atom stereocenters. The monoisotopic (exact) mass is 358 g/mol. The summed E-state index contributed by atoms with van der Waals surface area (Å²) in [4.78, 5) is 5.99. The second-order valence-electron chi connectivity index (χ2n) is 4.72. The fourth-order valence-corrected chi connectivity index (χ4v) is 2.56. The van der Waals surface area contributed by atoms with E-state index >= 15 is 0 Å². The van der Waals surface area contributed by atoms with Gasteiger partial charge in [0.1, 0.15) is 11.3 Å². The molecule has 0 spiro atoms. The van der Waals surface area contributed by atoms with E-state index in [4.69, 9.17) is 11.6 Å². The van der Waals surface area contributed by atoms with E-state index in [9.17, 15) is 5.11 Å². The molecule has 2 heterocycles. The van der Waals surface area contributed by atoms with Crippen LogP contribution in [0.25, 0.3) is 0 Å². The molecule has 2 aromatic heterocycles. The summed E-state index contributed by atoms with van der Waals surface area (Å²) in [5.41, 5.74) is 1.41. The van der Waals surface area contributed by atoms with Crippen LogP contribution in [0.1, 0.15) is 17.4 Å². The highest BCUT2D eigenvalue weighted by Crippen LogP contribution is 2.29. The molecular weight excluding hydrogens is 344 g/mol. The molecule has 0 fully saturated rings. The summed E-state index contributed by atoms with van der Waals surface area (Å²) in [6, 6.07) is 3.40. The lowest BCUT2D eigenvalue weighted by Gasteiger charge is -2.16. The van der Waals surface area contributed by atoms with Crippen molar-refractivity contribution in [3.63, 3.8) is 0 Å². The summed E-state index contributed by atoms with van der Waals surface area (Å²) >= 11 is 9.30. The lowest BCUT2D eigenvalue weighted by molar-refractivity contribution is 0.204. The first-order chi connectivity index (χ1) is 9.49. The van der Waals surface area contributed by atoms with Gasteiger partial charge in [-0.25, -0.2) is 4.98 Å². The summed E-state index contributed by atoms with van der Waals surface area (Å²) in [5, 5.41) is 15.2. The van der Waals surface area contributed by atoms with Crippen molar-refractivity contribution in [2.45, 2.75) is 12.6 Å². The highest BCUT2D eigenvalue weighted by atomic mass is 79.9. The Kier molecular flexibility index (Phi) is 5.15. The van der Waals surface area contributed by atoms with Crippen LogP contribution in [-0.4, -0.2) is 45.4 Å². The predicted octanol–water partition coefficient (Wildman–Crippen LogP) is 2.34. The Hall–Kier alpha value is -0.950. The maximum atomic E-state index is 10.5. The van der Waals surface area contributed by atoms with Gasteiger partial charge in [0.05, 0.1) is 22.9 Å². The van der Waals surface area contributed by atoms with Gasteiger partial charge >= 0.3 is 0 Å². The van der Waals surface area contributed by atoms with E-state index < -0.39 is 6.10 Å². The number of rotatable bonds is 5. The number of likely N-dealkylation sites (N-methyl/N-ethyl adjacent to an activating group) is 1. The molecule has 20 heavy (non-hydrogen) atoms. The van der Waals surface area contributed by atoms with Gasteiger partial charge in [0.2, 0.25) is 0 Å². The van der Waals surface area contributed by atoms with Gasteiger partial charge in [0.15, 0.2) is 0 Å². The van der Waals surface area contributed by atoms with Crippen molar-refractivity contribution >= 4 is 27.5 Å². The molecular formula is C13H16BrClN4O. The second-order valence-corrected chi connectivity index (χ2v) is 5.96. The summed E-state index contributed by atoms with van der Waals surface area (Å²) in [6.45, 7) is 1.54. The molecule has 2 aromatic rings. The summed E-state index contributed by atoms with van der Waals surface area (Å²) < 4.78 is 2.57. The molecule has 0 aliphatic rings. The van der Waals surface area contributed by atoms with Crippen molar-refractivity contribution in [1.82, 2.24) is 19.7 Å². The van der Waals surface area contributed by atoms with Gasteiger partial charge in [0.25, 0.3) is 0 Å². The van der Waals surface area contributed by atoms with E-state index in [2.05, 4.69) is 30.9 Å². The summed E-state index contributed by atoms with van der Waals surface area (Å²) in [5.74, 6) is 0. The molecule has 0 aromatic carbocycles. The molecule has 5 nitrogen and oxygen atoms in total. The van der Waals surface area contributed by atoms with Gasteiger partial charge in [-0.15, -0.1) is 0 Å². The normalized spacial score (nSPS) is 12.9. The third kappa shape index (κ3) is 3.58. The standard InChI is InChI=1S/C13H16BrClN4O/c1-18(2)5-6-19-12(10(14)8-17-19)13(20)9-3-4-16-11(15)7-9/h3-4,7-8,13,20H,5-6H2,1-2H3. The van der Waals surface area contributed by atoms with Gasteiger partial charge in [0, 0.05) is 12.7 Å². The zero-order valence-corrected chi connectivity index (χ0v) is 13.6. The highest BCUT2D eigenvalue weighted by Gasteiger charge is 2.20. The van der Waals surface area contributed by atoms with E-state index in [0.717, 1.165) is 11.0 Å². The SMILES string of the molecule is CN(C)CCn1ncc(Br)c1C(O)c1ccnc(Cl)c1. The Balaban J connectivity index is 2.29. The fourth-order valence-electron chi connectivity index (χ4n) is 1.86. The Morgan fingerprint density at radius 1 is 1.50 bits per heavy atom. The molecule has 2 rings (SSSR count). The minimum Gasteiger partial charge on any atom is -0.382 e. The lowest BCUT2D eigenvalue weighted by Crippen LogP contribution is -2.21. The van der Waals surface area contributed by atoms with E-state index in [1.54, 1.807) is 29.2 Å². The molecule has 0 saturated heterocycles. The van der Waals surface area contributed by atoms with Gasteiger partial charge in [-0.3, -0.25) is 4.68 Å². The van der Waals surface area contributed by atoms with Crippen molar-refractivity contribution < 1.29 is 5.11 Å². The summed E-state index contributed by atoms with van der Waals surface area (Å²) in [7, 11) is 3.99. The van der Waals surface area contributed by atoms with Gasteiger partial charge in [-0.1, -0.05) is 11.6 Å². The minimum absolute atomic E-state index is 0.358. The molecule has 1 unspecified atom stereocenters. The first-order valence-corrected chi connectivity index (χ1v) is 7.31. The van der Waals surface area contributed by atoms with Crippen LogP contribution in [0.15, 0.2) is 29.0 Å². The van der Waals surface area contributed by atoms with Crippen LogP contribution >= 0.6 is 27.5 Å².